The summed E-state index contributed by atoms with van der Waals surface area (Å²) in [5.74, 6) is -2.33. The second-order valence-electron chi connectivity index (χ2n) is 8.48. The van der Waals surface area contributed by atoms with Gasteiger partial charge in [-0.3, -0.25) is 14.5 Å². The molecule has 14 heteroatoms. The molecule has 3 heterocycles. The summed E-state index contributed by atoms with van der Waals surface area (Å²) in [6.07, 6.45) is 3.44. The number of β-lactam (4-membered cyclic amide) rings is 1. The van der Waals surface area contributed by atoms with Crippen LogP contribution in [0, 0.1) is 0 Å². The summed E-state index contributed by atoms with van der Waals surface area (Å²) in [5, 5.41) is 22.0. The van der Waals surface area contributed by atoms with Gasteiger partial charge in [-0.25, -0.2) is 14.2 Å². The molecule has 2 aliphatic heterocycles. The topological polar surface area (TPSA) is 128 Å². The SMILES string of the molecule is C=C(C[n+]1ccc(SCC2=C(C(=O)O)N3C(=O)[C@@H](NC(=O)CSc4cc(Cl)ccc4Cl)[C@H]3SC2)cc1)C(=O)O. The standard InChI is InChI=1S/C25H21Cl2N3O6S3/c1-13(24(33)34)9-29-6-4-16(5-7-29)37-10-14-11-39-23-20(22(32)30(23)21(14)25(35)36)28-19(31)12-38-18-8-15(26)2-3-17(18)27/h2-8,20,23H,1,9-12H2,(H2-,28,31,33,34,35,36)/p+1/t20-,23-/m1/s1. The van der Waals surface area contributed by atoms with Crippen molar-refractivity contribution in [3.8, 4) is 0 Å². The summed E-state index contributed by atoms with van der Waals surface area (Å²) >= 11 is 16.1. The Morgan fingerprint density at radius 3 is 2.54 bits per heavy atom. The first-order chi connectivity index (χ1) is 18.5. The number of carbonyl (C=O) groups is 4. The number of carbonyl (C=O) groups excluding carboxylic acids is 2. The summed E-state index contributed by atoms with van der Waals surface area (Å²) in [6, 6.07) is 7.73. The number of amides is 2. The minimum absolute atomic E-state index is 0.0201. The number of nitrogens with zero attached hydrogens (tertiary/aromatic N) is 2. The number of aromatic nitrogens is 1. The molecule has 3 N–H and O–H groups in total. The van der Waals surface area contributed by atoms with Crippen LogP contribution >= 0.6 is 58.5 Å². The molecule has 204 valence electrons. The molecule has 2 aliphatic rings. The highest BCUT2D eigenvalue weighted by atomic mass is 35.5. The van der Waals surface area contributed by atoms with Crippen molar-refractivity contribution in [2.75, 3.05) is 17.3 Å². The van der Waals surface area contributed by atoms with Crippen LogP contribution in [0.3, 0.4) is 0 Å². The van der Waals surface area contributed by atoms with Crippen molar-refractivity contribution in [3.05, 3.63) is 76.2 Å². The van der Waals surface area contributed by atoms with E-state index in [0.717, 1.165) is 4.90 Å². The zero-order valence-electron chi connectivity index (χ0n) is 20.1. The third-order valence-electron chi connectivity index (χ3n) is 5.77. The normalized spacial score (nSPS) is 18.3. The maximum absolute atomic E-state index is 12.9. The highest BCUT2D eigenvalue weighted by molar-refractivity contribution is 8.01. The Morgan fingerprint density at radius 1 is 1.15 bits per heavy atom. The average Bonchev–Trinajstić information content (AvgIpc) is 2.91. The molecule has 4 rings (SSSR count). The Kier molecular flexibility index (Phi) is 9.55. The molecule has 2 atom stereocenters. The number of pyridine rings is 1. The van der Waals surface area contributed by atoms with Crippen LogP contribution in [0.2, 0.25) is 10.0 Å². The van der Waals surface area contributed by atoms with Gasteiger partial charge in [0.2, 0.25) is 5.91 Å². The molecule has 2 aromatic rings. The lowest BCUT2D eigenvalue weighted by Gasteiger charge is -2.49. The first-order valence-electron chi connectivity index (χ1n) is 11.4. The third kappa shape index (κ3) is 6.93. The van der Waals surface area contributed by atoms with Crippen molar-refractivity contribution in [3.63, 3.8) is 0 Å². The lowest BCUT2D eigenvalue weighted by molar-refractivity contribution is -0.688. The fourth-order valence-corrected chi connectivity index (χ4v) is 7.52. The van der Waals surface area contributed by atoms with Gasteiger partial charge < -0.3 is 15.5 Å². The molecule has 39 heavy (non-hydrogen) atoms. The maximum Gasteiger partial charge on any atom is 0.352 e. The van der Waals surface area contributed by atoms with Crippen LogP contribution in [0.25, 0.3) is 0 Å². The number of carboxylic acids is 2. The van der Waals surface area contributed by atoms with Crippen molar-refractivity contribution in [2.24, 2.45) is 0 Å². The quantitative estimate of drug-likeness (QED) is 0.148. The zero-order chi connectivity index (χ0) is 28.3. The molecular formula is C25H22Cl2N3O6S3+. The molecule has 0 unspecified atom stereocenters. The van der Waals surface area contributed by atoms with Crippen molar-refractivity contribution in [2.45, 2.75) is 27.8 Å². The second-order valence-corrected chi connectivity index (χ2v) is 12.5. The monoisotopic (exact) mass is 626 g/mol. The molecule has 0 radical (unpaired) electrons. The number of benzene rings is 1. The highest BCUT2D eigenvalue weighted by Crippen LogP contribution is 2.41. The van der Waals surface area contributed by atoms with Crippen molar-refractivity contribution in [1.82, 2.24) is 10.2 Å². The minimum atomic E-state index is -1.20. The van der Waals surface area contributed by atoms with Gasteiger partial charge in [-0.2, -0.15) is 0 Å². The van der Waals surface area contributed by atoms with Gasteiger partial charge in [-0.15, -0.1) is 35.3 Å². The fraction of sp³-hybridized carbons (Fsp3) is 0.240. The Morgan fingerprint density at radius 2 is 1.87 bits per heavy atom. The lowest BCUT2D eigenvalue weighted by Crippen LogP contribution is -2.70. The van der Waals surface area contributed by atoms with E-state index < -0.39 is 29.3 Å². The van der Waals surface area contributed by atoms with E-state index in [0.29, 0.717) is 32.0 Å². The smallest absolute Gasteiger partial charge is 0.352 e. The number of halogens is 2. The van der Waals surface area contributed by atoms with E-state index in [2.05, 4.69) is 11.9 Å². The van der Waals surface area contributed by atoms with Crippen LogP contribution in [0.15, 0.2) is 75.9 Å². The Labute approximate surface area is 246 Å². The predicted molar refractivity (Wildman–Crippen MR) is 151 cm³/mol. The summed E-state index contributed by atoms with van der Waals surface area (Å²) in [6.45, 7) is 3.66. The number of fused-ring (bicyclic) bond motifs is 1. The summed E-state index contributed by atoms with van der Waals surface area (Å²) in [4.78, 5) is 51.3. The van der Waals surface area contributed by atoms with Crippen LogP contribution < -0.4 is 9.88 Å². The van der Waals surface area contributed by atoms with Gasteiger partial charge in [0.05, 0.1) is 16.3 Å². The largest absolute Gasteiger partial charge is 0.478 e. The van der Waals surface area contributed by atoms with Gasteiger partial charge >= 0.3 is 11.9 Å². The second kappa shape index (κ2) is 12.7. The maximum atomic E-state index is 12.9. The van der Waals surface area contributed by atoms with Crippen molar-refractivity contribution >= 4 is 82.2 Å². The first kappa shape index (κ1) is 29.3. The highest BCUT2D eigenvalue weighted by Gasteiger charge is 2.54. The van der Waals surface area contributed by atoms with Crippen LogP contribution in [-0.2, 0) is 25.7 Å². The van der Waals surface area contributed by atoms with Gasteiger partial charge in [0, 0.05) is 38.5 Å². The molecule has 0 spiro atoms. The summed E-state index contributed by atoms with van der Waals surface area (Å²) < 4.78 is 1.68. The molecule has 2 amide bonds. The van der Waals surface area contributed by atoms with E-state index in [9.17, 15) is 24.3 Å². The van der Waals surface area contributed by atoms with Gasteiger partial charge in [-0.05, 0) is 23.8 Å². The van der Waals surface area contributed by atoms with E-state index in [1.165, 1.54) is 40.2 Å². The number of thioether (sulfide) groups is 3. The molecular weight excluding hydrogens is 605 g/mol. The van der Waals surface area contributed by atoms with Gasteiger partial charge in [0.1, 0.15) is 17.1 Å². The van der Waals surface area contributed by atoms with Gasteiger partial charge in [-0.1, -0.05) is 29.8 Å². The number of aliphatic carboxylic acids is 2. The minimum Gasteiger partial charge on any atom is -0.478 e. The van der Waals surface area contributed by atoms with E-state index >= 15 is 0 Å². The fourth-order valence-electron chi connectivity index (χ4n) is 3.84. The molecule has 1 fully saturated rings. The number of carboxylic acid groups (broad SMARTS) is 2. The van der Waals surface area contributed by atoms with E-state index in [-0.39, 0.29) is 29.5 Å². The Balaban J connectivity index is 1.36. The molecule has 1 aromatic carbocycles. The third-order valence-corrected chi connectivity index (χ3v) is 9.94. The van der Waals surface area contributed by atoms with E-state index in [1.807, 2.05) is 0 Å². The van der Waals surface area contributed by atoms with Gasteiger partial charge in [0.15, 0.2) is 18.9 Å². The van der Waals surface area contributed by atoms with Crippen molar-refractivity contribution in [1.29, 1.82) is 0 Å². The first-order valence-corrected chi connectivity index (χ1v) is 15.1. The molecule has 1 aromatic heterocycles. The van der Waals surface area contributed by atoms with E-state index in [4.69, 9.17) is 28.3 Å². The van der Waals surface area contributed by atoms with Crippen LogP contribution in [0.5, 0.6) is 0 Å². The number of hydrogen-bond acceptors (Lipinski definition) is 7. The predicted octanol–water partition coefficient (Wildman–Crippen LogP) is 3.54. The van der Waals surface area contributed by atoms with Crippen molar-refractivity contribution < 1.29 is 34.0 Å². The Hall–Kier alpha value is -2.64. The van der Waals surface area contributed by atoms with Gasteiger partial charge in [0.25, 0.3) is 5.91 Å². The molecule has 0 saturated carbocycles. The average molecular weight is 628 g/mol. The zero-order valence-corrected chi connectivity index (χ0v) is 24.1. The molecule has 0 bridgehead atoms. The lowest BCUT2D eigenvalue weighted by atomic mass is 10.0. The number of rotatable bonds is 11. The number of nitrogens with one attached hydrogen (secondary N) is 1. The van der Waals surface area contributed by atoms with Crippen LogP contribution in [0.1, 0.15) is 0 Å². The van der Waals surface area contributed by atoms with Crippen LogP contribution in [0.4, 0.5) is 0 Å². The molecule has 0 aliphatic carbocycles. The van der Waals surface area contributed by atoms with E-state index in [1.54, 1.807) is 47.3 Å². The molecule has 1 saturated heterocycles. The summed E-state index contributed by atoms with van der Waals surface area (Å²) in [5.41, 5.74) is 0.614. The number of hydrogen-bond donors (Lipinski definition) is 3. The summed E-state index contributed by atoms with van der Waals surface area (Å²) in [7, 11) is 0. The Bertz CT molecular complexity index is 1390. The molecule has 9 nitrogen and oxygen atoms in total. The van der Waals surface area contributed by atoms with Crippen LogP contribution in [-0.4, -0.2) is 67.5 Å².